The van der Waals surface area contributed by atoms with E-state index in [-0.39, 0.29) is 30.2 Å². The molecule has 0 spiro atoms. The molecule has 23 heavy (non-hydrogen) atoms. The number of anilines is 1. The number of amides is 1. The van der Waals surface area contributed by atoms with E-state index in [0.717, 1.165) is 36.1 Å². The van der Waals surface area contributed by atoms with Crippen LogP contribution >= 0.6 is 12.4 Å². The molecule has 0 aromatic heterocycles. The predicted molar refractivity (Wildman–Crippen MR) is 92.4 cm³/mol. The lowest BCUT2D eigenvalue weighted by molar-refractivity contribution is 0.0932. The second-order valence-electron chi connectivity index (χ2n) is 5.89. The van der Waals surface area contributed by atoms with E-state index in [9.17, 15) is 9.18 Å². The Bertz CT molecular complexity index is 713. The van der Waals surface area contributed by atoms with Crippen molar-refractivity contribution in [2.45, 2.75) is 32.2 Å². The molecule has 2 aromatic rings. The molecule has 1 unspecified atom stereocenters. The molecule has 3 nitrogen and oxygen atoms in total. The van der Waals surface area contributed by atoms with Crippen molar-refractivity contribution in [3.63, 3.8) is 0 Å². The van der Waals surface area contributed by atoms with E-state index in [1.807, 2.05) is 18.2 Å². The van der Waals surface area contributed by atoms with Crippen LogP contribution in [0.4, 0.5) is 10.1 Å². The van der Waals surface area contributed by atoms with Crippen molar-refractivity contribution in [2.24, 2.45) is 0 Å². The quantitative estimate of drug-likeness (QED) is 0.817. The summed E-state index contributed by atoms with van der Waals surface area (Å²) in [4.78, 5) is 12.4. The average molecular weight is 335 g/mol. The third-order valence-corrected chi connectivity index (χ3v) is 4.09. The molecule has 122 valence electrons. The van der Waals surface area contributed by atoms with Crippen LogP contribution < -0.4 is 11.1 Å². The molecule has 2 aromatic carbocycles. The summed E-state index contributed by atoms with van der Waals surface area (Å²) in [6.45, 7) is 1.78. The number of nitrogens with one attached hydrogen (secondary N) is 1. The smallest absolute Gasteiger partial charge is 0.251 e. The van der Waals surface area contributed by atoms with Gasteiger partial charge in [0.05, 0.1) is 6.04 Å². The summed E-state index contributed by atoms with van der Waals surface area (Å²) in [5, 5.41) is 3.02. The maximum atomic E-state index is 13.5. The van der Waals surface area contributed by atoms with Gasteiger partial charge < -0.3 is 11.1 Å². The number of nitrogen functional groups attached to an aromatic ring is 1. The van der Waals surface area contributed by atoms with E-state index in [0.29, 0.717) is 5.56 Å². The minimum Gasteiger partial charge on any atom is -0.399 e. The van der Waals surface area contributed by atoms with E-state index >= 15 is 0 Å². The van der Waals surface area contributed by atoms with E-state index in [1.54, 1.807) is 13.0 Å². The Morgan fingerprint density at radius 1 is 1.26 bits per heavy atom. The summed E-state index contributed by atoms with van der Waals surface area (Å²) in [7, 11) is 0. The predicted octanol–water partition coefficient (Wildman–Crippen LogP) is 3.95. The highest BCUT2D eigenvalue weighted by Crippen LogP contribution is 2.31. The Morgan fingerprint density at radius 3 is 2.78 bits per heavy atom. The molecule has 3 N–H and O–H groups in total. The van der Waals surface area contributed by atoms with Crippen molar-refractivity contribution in [3.8, 4) is 0 Å². The maximum absolute atomic E-state index is 13.5. The first kappa shape index (κ1) is 17.3. The summed E-state index contributed by atoms with van der Waals surface area (Å²) in [5.41, 5.74) is 9.97. The zero-order valence-corrected chi connectivity index (χ0v) is 13.8. The molecule has 0 saturated carbocycles. The lowest BCUT2D eigenvalue weighted by Gasteiger charge is -2.26. The van der Waals surface area contributed by atoms with Crippen LogP contribution in [0.3, 0.4) is 0 Å². The van der Waals surface area contributed by atoms with Gasteiger partial charge in [-0.05, 0) is 73.2 Å². The standard InChI is InChI=1S/C18H19FN2O.ClH/c1-11-7-13(9-14(19)8-11)18(22)21-17-4-2-3-12-10-15(20)5-6-16(12)17;/h5-10,17H,2-4,20H2,1H3,(H,21,22);1H. The SMILES string of the molecule is Cc1cc(F)cc(C(=O)NC2CCCc3cc(N)ccc32)c1.Cl. The minimum atomic E-state index is -0.387. The van der Waals surface area contributed by atoms with Crippen LogP contribution in [0.2, 0.25) is 0 Å². The first-order chi connectivity index (χ1) is 10.5. The molecular formula is C18H20ClFN2O. The fraction of sp³-hybridized carbons (Fsp3) is 0.278. The summed E-state index contributed by atoms with van der Waals surface area (Å²) in [6.07, 6.45) is 2.87. The number of hydrogen-bond acceptors (Lipinski definition) is 2. The van der Waals surface area contributed by atoms with Crippen molar-refractivity contribution >= 4 is 24.0 Å². The van der Waals surface area contributed by atoms with Crippen molar-refractivity contribution < 1.29 is 9.18 Å². The molecule has 3 rings (SSSR count). The number of halogens is 2. The third-order valence-electron chi connectivity index (χ3n) is 4.09. The van der Waals surface area contributed by atoms with E-state index in [2.05, 4.69) is 5.32 Å². The van der Waals surface area contributed by atoms with Gasteiger partial charge in [-0.1, -0.05) is 6.07 Å². The Labute approximate surface area is 141 Å². The highest BCUT2D eigenvalue weighted by atomic mass is 35.5. The highest BCUT2D eigenvalue weighted by molar-refractivity contribution is 5.94. The first-order valence-corrected chi connectivity index (χ1v) is 7.49. The van der Waals surface area contributed by atoms with Gasteiger partial charge >= 0.3 is 0 Å². The number of carbonyl (C=O) groups excluding carboxylic acids is 1. The topological polar surface area (TPSA) is 55.1 Å². The largest absolute Gasteiger partial charge is 0.399 e. The van der Waals surface area contributed by atoms with Gasteiger partial charge in [0.25, 0.3) is 5.91 Å². The Balaban J connectivity index is 0.00000192. The lowest BCUT2D eigenvalue weighted by Crippen LogP contribution is -2.31. The molecular weight excluding hydrogens is 315 g/mol. The summed E-state index contributed by atoms with van der Waals surface area (Å²) in [6, 6.07) is 10.2. The molecule has 0 aliphatic heterocycles. The van der Waals surface area contributed by atoms with Gasteiger partial charge in [-0.2, -0.15) is 0 Å². The van der Waals surface area contributed by atoms with Crippen molar-refractivity contribution in [1.82, 2.24) is 5.32 Å². The summed E-state index contributed by atoms with van der Waals surface area (Å²) in [5.74, 6) is -0.626. The molecule has 1 amide bonds. The van der Waals surface area contributed by atoms with E-state index in [4.69, 9.17) is 5.73 Å². The zero-order valence-electron chi connectivity index (χ0n) is 12.9. The maximum Gasteiger partial charge on any atom is 0.251 e. The van der Waals surface area contributed by atoms with Gasteiger partial charge in [-0.25, -0.2) is 4.39 Å². The van der Waals surface area contributed by atoms with E-state index in [1.165, 1.54) is 17.7 Å². The second kappa shape index (κ2) is 7.01. The van der Waals surface area contributed by atoms with Gasteiger partial charge in [0.15, 0.2) is 0 Å². The second-order valence-corrected chi connectivity index (χ2v) is 5.89. The number of carbonyl (C=O) groups is 1. The molecule has 1 atom stereocenters. The van der Waals surface area contributed by atoms with Gasteiger partial charge in [-0.15, -0.1) is 12.4 Å². The minimum absolute atomic E-state index is 0. The highest BCUT2D eigenvalue weighted by Gasteiger charge is 2.22. The number of benzene rings is 2. The number of hydrogen-bond donors (Lipinski definition) is 2. The molecule has 0 heterocycles. The van der Waals surface area contributed by atoms with Gasteiger partial charge in [-0.3, -0.25) is 4.79 Å². The van der Waals surface area contributed by atoms with Crippen LogP contribution in [0.1, 0.15) is 45.9 Å². The fourth-order valence-corrected chi connectivity index (χ4v) is 3.09. The van der Waals surface area contributed by atoms with Crippen LogP contribution in [0, 0.1) is 12.7 Å². The normalized spacial score (nSPS) is 16.2. The van der Waals surface area contributed by atoms with Crippen molar-refractivity contribution in [1.29, 1.82) is 0 Å². The Kier molecular flexibility index (Phi) is 5.26. The Morgan fingerprint density at radius 2 is 2.04 bits per heavy atom. The molecule has 0 fully saturated rings. The summed E-state index contributed by atoms with van der Waals surface area (Å²) < 4.78 is 13.5. The van der Waals surface area contributed by atoms with Crippen molar-refractivity contribution in [3.05, 3.63) is 64.5 Å². The van der Waals surface area contributed by atoms with Crippen LogP contribution in [0.25, 0.3) is 0 Å². The van der Waals surface area contributed by atoms with Crippen LogP contribution in [0.5, 0.6) is 0 Å². The number of nitrogens with two attached hydrogens (primary N) is 1. The molecule has 0 saturated heterocycles. The number of aryl methyl sites for hydroxylation is 2. The monoisotopic (exact) mass is 334 g/mol. The number of rotatable bonds is 2. The molecule has 1 aliphatic carbocycles. The van der Waals surface area contributed by atoms with Crippen molar-refractivity contribution in [2.75, 3.05) is 5.73 Å². The third kappa shape index (κ3) is 3.82. The van der Waals surface area contributed by atoms with Crippen LogP contribution in [-0.2, 0) is 6.42 Å². The molecule has 1 aliphatic rings. The van der Waals surface area contributed by atoms with Crippen LogP contribution in [0.15, 0.2) is 36.4 Å². The average Bonchev–Trinajstić information content (AvgIpc) is 2.46. The summed E-state index contributed by atoms with van der Waals surface area (Å²) >= 11 is 0. The lowest BCUT2D eigenvalue weighted by atomic mass is 9.87. The van der Waals surface area contributed by atoms with Gasteiger partial charge in [0, 0.05) is 11.3 Å². The molecule has 0 bridgehead atoms. The first-order valence-electron chi connectivity index (χ1n) is 7.49. The van der Waals surface area contributed by atoms with Crippen LogP contribution in [-0.4, -0.2) is 5.91 Å². The van der Waals surface area contributed by atoms with E-state index < -0.39 is 0 Å². The molecule has 5 heteroatoms. The van der Waals surface area contributed by atoms with Gasteiger partial charge in [0.2, 0.25) is 0 Å². The molecule has 0 radical (unpaired) electrons. The fourth-order valence-electron chi connectivity index (χ4n) is 3.09. The Hall–Kier alpha value is -2.07. The zero-order chi connectivity index (χ0) is 15.7. The number of fused-ring (bicyclic) bond motifs is 1. The van der Waals surface area contributed by atoms with Gasteiger partial charge in [0.1, 0.15) is 5.82 Å².